The van der Waals surface area contributed by atoms with Gasteiger partial charge in [0.15, 0.2) is 0 Å². The Morgan fingerprint density at radius 1 is 1.27 bits per heavy atom. The fraction of sp³-hybridized carbons (Fsp3) is 0.588. The summed E-state index contributed by atoms with van der Waals surface area (Å²) in [5, 5.41) is 3.61. The summed E-state index contributed by atoms with van der Waals surface area (Å²) >= 11 is 3.45. The van der Waals surface area contributed by atoms with E-state index in [2.05, 4.69) is 45.5 Å². The van der Waals surface area contributed by atoms with Crippen molar-refractivity contribution in [1.82, 2.24) is 10.2 Å². The van der Waals surface area contributed by atoms with Crippen LogP contribution in [-0.2, 0) is 11.3 Å². The second kappa shape index (κ2) is 5.85. The number of amides is 1. The normalized spacial score (nSPS) is 26.7. The van der Waals surface area contributed by atoms with Gasteiger partial charge in [0.05, 0.1) is 0 Å². The molecule has 1 aliphatic carbocycles. The minimum Gasteiger partial charge on any atom is -0.444 e. The van der Waals surface area contributed by atoms with E-state index in [-0.39, 0.29) is 6.09 Å². The van der Waals surface area contributed by atoms with Crippen LogP contribution in [0.15, 0.2) is 28.7 Å². The number of rotatable bonds is 3. The van der Waals surface area contributed by atoms with Crippen molar-refractivity contribution in [2.24, 2.45) is 11.8 Å². The summed E-state index contributed by atoms with van der Waals surface area (Å²) in [6, 6.07) is 8.93. The largest absolute Gasteiger partial charge is 0.444 e. The molecule has 22 heavy (non-hydrogen) atoms. The zero-order valence-corrected chi connectivity index (χ0v) is 14.9. The average Bonchev–Trinajstić information content (AvgIpc) is 2.88. The summed E-state index contributed by atoms with van der Waals surface area (Å²) in [6.45, 7) is 8.24. The molecule has 2 fully saturated rings. The number of piperidine rings is 1. The molecule has 1 saturated heterocycles. The number of hydrogen-bond donors (Lipinski definition) is 1. The highest BCUT2D eigenvalue weighted by atomic mass is 79.9. The maximum atomic E-state index is 12.0. The lowest BCUT2D eigenvalue weighted by Crippen LogP contribution is -2.39. The number of nitrogens with zero attached hydrogens (tertiary/aromatic N) is 1. The van der Waals surface area contributed by atoms with Crippen LogP contribution in [-0.4, -0.2) is 35.7 Å². The number of likely N-dealkylation sites (tertiary alicyclic amines) is 1. The Morgan fingerprint density at radius 2 is 1.86 bits per heavy atom. The third-order valence-electron chi connectivity index (χ3n) is 4.30. The van der Waals surface area contributed by atoms with Crippen LogP contribution in [0.1, 0.15) is 26.3 Å². The van der Waals surface area contributed by atoms with E-state index in [9.17, 15) is 4.79 Å². The first kappa shape index (κ1) is 15.8. The van der Waals surface area contributed by atoms with Gasteiger partial charge in [-0.3, -0.25) is 0 Å². The van der Waals surface area contributed by atoms with Crippen LogP contribution in [0.3, 0.4) is 0 Å². The maximum absolute atomic E-state index is 12.0. The van der Waals surface area contributed by atoms with Crippen molar-refractivity contribution in [3.05, 3.63) is 34.3 Å². The lowest BCUT2D eigenvalue weighted by molar-refractivity contribution is 0.0269. The van der Waals surface area contributed by atoms with Crippen LogP contribution in [0.5, 0.6) is 0 Å². The van der Waals surface area contributed by atoms with E-state index in [0.29, 0.717) is 17.9 Å². The molecule has 1 N–H and O–H groups in total. The smallest absolute Gasteiger partial charge is 0.410 e. The molecular weight excluding hydrogens is 344 g/mol. The molecule has 0 spiro atoms. The zero-order chi connectivity index (χ0) is 15.9. The minimum absolute atomic E-state index is 0.175. The van der Waals surface area contributed by atoms with Crippen molar-refractivity contribution >= 4 is 22.0 Å². The molecule has 0 radical (unpaired) electrons. The van der Waals surface area contributed by atoms with E-state index in [4.69, 9.17) is 4.74 Å². The molecule has 1 saturated carbocycles. The van der Waals surface area contributed by atoms with Gasteiger partial charge in [-0.15, -0.1) is 0 Å². The number of carbonyl (C=O) groups is 1. The molecule has 4 nitrogen and oxygen atoms in total. The number of hydrogen-bond acceptors (Lipinski definition) is 3. The molecule has 120 valence electrons. The Balaban J connectivity index is 1.43. The third kappa shape index (κ3) is 3.63. The first-order valence-corrected chi connectivity index (χ1v) is 8.58. The van der Waals surface area contributed by atoms with Crippen molar-refractivity contribution in [1.29, 1.82) is 0 Å². The lowest BCUT2D eigenvalue weighted by Gasteiger charge is -2.26. The number of carbonyl (C=O) groups excluding carboxylic acids is 1. The van der Waals surface area contributed by atoms with E-state index in [0.717, 1.165) is 24.1 Å². The van der Waals surface area contributed by atoms with Crippen molar-refractivity contribution in [3.63, 3.8) is 0 Å². The van der Waals surface area contributed by atoms with E-state index in [1.165, 1.54) is 5.56 Å². The topological polar surface area (TPSA) is 41.6 Å². The molecule has 0 bridgehead atoms. The fourth-order valence-corrected chi connectivity index (χ4v) is 3.41. The maximum Gasteiger partial charge on any atom is 0.410 e. The van der Waals surface area contributed by atoms with Crippen LogP contribution in [0.25, 0.3) is 0 Å². The first-order valence-electron chi connectivity index (χ1n) is 7.79. The molecule has 1 amide bonds. The van der Waals surface area contributed by atoms with E-state index in [1.807, 2.05) is 25.7 Å². The predicted octanol–water partition coefficient (Wildman–Crippen LogP) is 3.40. The van der Waals surface area contributed by atoms with E-state index in [1.54, 1.807) is 0 Å². The molecule has 2 unspecified atom stereocenters. The average molecular weight is 367 g/mol. The van der Waals surface area contributed by atoms with Gasteiger partial charge in [0.2, 0.25) is 0 Å². The van der Waals surface area contributed by atoms with Crippen LogP contribution < -0.4 is 5.32 Å². The van der Waals surface area contributed by atoms with Gasteiger partial charge in [-0.25, -0.2) is 4.79 Å². The van der Waals surface area contributed by atoms with Gasteiger partial charge in [-0.2, -0.15) is 0 Å². The third-order valence-corrected chi connectivity index (χ3v) is 4.83. The van der Waals surface area contributed by atoms with Gasteiger partial charge in [0.1, 0.15) is 5.60 Å². The van der Waals surface area contributed by atoms with Crippen molar-refractivity contribution in [2.75, 3.05) is 13.1 Å². The highest BCUT2D eigenvalue weighted by Gasteiger charge is 2.56. The summed E-state index contributed by atoms with van der Waals surface area (Å²) in [7, 11) is 0. The molecule has 1 aliphatic heterocycles. The Morgan fingerprint density at radius 3 is 2.41 bits per heavy atom. The van der Waals surface area contributed by atoms with E-state index >= 15 is 0 Å². The highest BCUT2D eigenvalue weighted by Crippen LogP contribution is 2.45. The van der Waals surface area contributed by atoms with Gasteiger partial charge in [-0.1, -0.05) is 28.1 Å². The second-order valence-electron chi connectivity index (χ2n) is 7.25. The monoisotopic (exact) mass is 366 g/mol. The lowest BCUT2D eigenvalue weighted by atomic mass is 10.2. The summed E-state index contributed by atoms with van der Waals surface area (Å²) in [4.78, 5) is 13.9. The summed E-state index contributed by atoms with van der Waals surface area (Å²) in [6.07, 6.45) is -0.175. The Labute approximate surface area is 140 Å². The molecule has 3 rings (SSSR count). The Kier molecular flexibility index (Phi) is 4.21. The second-order valence-corrected chi connectivity index (χ2v) is 8.16. The molecule has 0 aromatic heterocycles. The van der Waals surface area contributed by atoms with Gasteiger partial charge in [0, 0.05) is 30.1 Å². The number of fused-ring (bicyclic) bond motifs is 1. The standard InChI is InChI=1S/C17H23BrN2O2/c1-17(2,3)22-16(21)20-9-13-14(10-20)15(13)19-8-11-4-6-12(18)7-5-11/h4-7,13-15,19H,8-10H2,1-3H3. The molecule has 5 heteroatoms. The number of halogens is 1. The Hall–Kier alpha value is -1.07. The van der Waals surface area contributed by atoms with E-state index < -0.39 is 5.60 Å². The minimum atomic E-state index is -0.414. The van der Waals surface area contributed by atoms with Gasteiger partial charge in [0.25, 0.3) is 0 Å². The quantitative estimate of drug-likeness (QED) is 0.890. The van der Waals surface area contributed by atoms with Crippen LogP contribution in [0, 0.1) is 11.8 Å². The van der Waals surface area contributed by atoms with Crippen molar-refractivity contribution in [2.45, 2.75) is 39.0 Å². The van der Waals surface area contributed by atoms with Gasteiger partial charge < -0.3 is 15.0 Å². The highest BCUT2D eigenvalue weighted by molar-refractivity contribution is 9.10. The number of nitrogens with one attached hydrogen (secondary N) is 1. The number of ether oxygens (including phenoxy) is 1. The molecule has 1 aromatic carbocycles. The zero-order valence-electron chi connectivity index (χ0n) is 13.3. The first-order chi connectivity index (χ1) is 10.3. The van der Waals surface area contributed by atoms with Gasteiger partial charge in [-0.05, 0) is 50.3 Å². The molecule has 2 atom stereocenters. The summed E-state index contributed by atoms with van der Waals surface area (Å²) < 4.78 is 6.53. The molecule has 1 heterocycles. The van der Waals surface area contributed by atoms with Crippen LogP contribution in [0.4, 0.5) is 4.79 Å². The summed E-state index contributed by atoms with van der Waals surface area (Å²) in [5.41, 5.74) is 0.875. The fourth-order valence-electron chi connectivity index (χ4n) is 3.14. The van der Waals surface area contributed by atoms with Crippen molar-refractivity contribution in [3.8, 4) is 0 Å². The Bertz CT molecular complexity index is 541. The van der Waals surface area contributed by atoms with Crippen molar-refractivity contribution < 1.29 is 9.53 Å². The van der Waals surface area contributed by atoms with Crippen LogP contribution in [0.2, 0.25) is 0 Å². The van der Waals surface area contributed by atoms with Crippen LogP contribution >= 0.6 is 15.9 Å². The van der Waals surface area contributed by atoms with Gasteiger partial charge >= 0.3 is 6.09 Å². The molecule has 1 aromatic rings. The molecule has 2 aliphatic rings. The SMILES string of the molecule is CC(C)(C)OC(=O)N1CC2C(C1)C2NCc1ccc(Br)cc1. The number of benzene rings is 1. The summed E-state index contributed by atoms with van der Waals surface area (Å²) in [5.74, 6) is 1.17. The predicted molar refractivity (Wildman–Crippen MR) is 89.6 cm³/mol. The molecular formula is C17H23BrN2O2.